The van der Waals surface area contributed by atoms with Crippen LogP contribution in [0.2, 0.25) is 0 Å². The zero-order chi connectivity index (χ0) is 23.2. The maximum Gasteiger partial charge on any atom is 0.337 e. The maximum absolute atomic E-state index is 13.0. The lowest BCUT2D eigenvalue weighted by atomic mass is 10.0. The molecule has 0 saturated heterocycles. The third kappa shape index (κ3) is 3.58. The highest BCUT2D eigenvalue weighted by molar-refractivity contribution is 7.19. The number of benzene rings is 1. The molecule has 0 amide bonds. The van der Waals surface area contributed by atoms with Crippen LogP contribution in [0.1, 0.15) is 40.3 Å². The van der Waals surface area contributed by atoms with Gasteiger partial charge in [0, 0.05) is 41.7 Å². The summed E-state index contributed by atoms with van der Waals surface area (Å²) in [5.74, 6) is -1.03. The van der Waals surface area contributed by atoms with Gasteiger partial charge in [0.15, 0.2) is 0 Å². The summed E-state index contributed by atoms with van der Waals surface area (Å²) in [6.45, 7) is 6.21. The average Bonchev–Trinajstić information content (AvgIpc) is 3.31. The molecule has 0 aliphatic carbocycles. The molecule has 4 aromatic rings. The lowest BCUT2D eigenvalue weighted by molar-refractivity contribution is 0.0698. The molecule has 0 spiro atoms. The molecule has 0 bridgehead atoms. The minimum absolute atomic E-state index is 0.0392. The largest absolute Gasteiger partial charge is 0.478 e. The van der Waals surface area contributed by atoms with Gasteiger partial charge >= 0.3 is 11.7 Å². The van der Waals surface area contributed by atoms with Crippen molar-refractivity contribution < 1.29 is 9.90 Å². The standard InChI is InChI=1S/C23H24N4O4S/c1-12(2)11-27-21-18(20(28)26(4)23(27)31)17(22(29)30)16(32-21)10-15-13(3)24-25-19(15)14-8-6-5-7-9-14/h5-9,12H,10-11H2,1-4H3,(H,24,25)(H,29,30). The molecule has 166 valence electrons. The molecule has 0 atom stereocenters. The van der Waals surface area contributed by atoms with Crippen LogP contribution in [0.25, 0.3) is 21.5 Å². The molecule has 4 rings (SSSR count). The van der Waals surface area contributed by atoms with Crippen molar-refractivity contribution in [2.45, 2.75) is 33.7 Å². The lowest BCUT2D eigenvalue weighted by Gasteiger charge is -2.11. The van der Waals surface area contributed by atoms with E-state index in [-0.39, 0.29) is 23.3 Å². The smallest absolute Gasteiger partial charge is 0.337 e. The van der Waals surface area contributed by atoms with Gasteiger partial charge < -0.3 is 5.11 Å². The molecular weight excluding hydrogens is 428 g/mol. The number of carboxylic acid groups (broad SMARTS) is 1. The van der Waals surface area contributed by atoms with Crippen LogP contribution in [0, 0.1) is 12.8 Å². The van der Waals surface area contributed by atoms with Gasteiger partial charge in [0.05, 0.1) is 16.6 Å². The van der Waals surface area contributed by atoms with Crippen molar-refractivity contribution in [1.82, 2.24) is 19.3 Å². The Balaban J connectivity index is 1.98. The van der Waals surface area contributed by atoms with Crippen molar-refractivity contribution in [2.75, 3.05) is 0 Å². The Morgan fingerprint density at radius 1 is 1.22 bits per heavy atom. The number of rotatable bonds is 6. The number of aromatic nitrogens is 4. The molecule has 1 aromatic carbocycles. The van der Waals surface area contributed by atoms with Crippen molar-refractivity contribution in [3.8, 4) is 11.3 Å². The van der Waals surface area contributed by atoms with Crippen LogP contribution in [0.15, 0.2) is 39.9 Å². The summed E-state index contributed by atoms with van der Waals surface area (Å²) in [5, 5.41) is 17.5. The van der Waals surface area contributed by atoms with E-state index in [1.54, 1.807) is 0 Å². The highest BCUT2D eigenvalue weighted by Crippen LogP contribution is 2.34. The first-order chi connectivity index (χ1) is 15.2. The Morgan fingerprint density at radius 3 is 2.53 bits per heavy atom. The van der Waals surface area contributed by atoms with E-state index in [0.717, 1.165) is 27.1 Å². The van der Waals surface area contributed by atoms with E-state index in [9.17, 15) is 19.5 Å². The number of nitrogens with one attached hydrogen (secondary N) is 1. The lowest BCUT2D eigenvalue weighted by Crippen LogP contribution is -2.38. The Hall–Kier alpha value is -3.46. The Labute approximate surface area is 187 Å². The van der Waals surface area contributed by atoms with Gasteiger partial charge in [-0.05, 0) is 12.8 Å². The van der Waals surface area contributed by atoms with E-state index in [0.29, 0.717) is 16.3 Å². The van der Waals surface area contributed by atoms with Gasteiger partial charge in [-0.2, -0.15) is 5.10 Å². The van der Waals surface area contributed by atoms with E-state index >= 15 is 0 Å². The van der Waals surface area contributed by atoms with Gasteiger partial charge in [0.2, 0.25) is 0 Å². The number of fused-ring (bicyclic) bond motifs is 1. The number of thiophene rings is 1. The van der Waals surface area contributed by atoms with Gasteiger partial charge in [0.25, 0.3) is 5.56 Å². The second-order valence-corrected chi connectivity index (χ2v) is 9.34. The third-order valence-electron chi connectivity index (χ3n) is 5.46. The SMILES string of the molecule is Cc1[nH]nc(-c2ccccc2)c1Cc1sc2c(c1C(=O)O)c(=O)n(C)c(=O)n2CC(C)C. The molecule has 0 radical (unpaired) electrons. The van der Waals surface area contributed by atoms with E-state index in [4.69, 9.17) is 0 Å². The number of carbonyl (C=O) groups is 1. The van der Waals surface area contributed by atoms with Crippen LogP contribution in [-0.4, -0.2) is 30.4 Å². The van der Waals surface area contributed by atoms with Crippen LogP contribution in [-0.2, 0) is 20.0 Å². The fourth-order valence-electron chi connectivity index (χ4n) is 3.92. The first-order valence-electron chi connectivity index (χ1n) is 10.3. The molecule has 3 heterocycles. The van der Waals surface area contributed by atoms with E-state index in [2.05, 4.69) is 10.2 Å². The molecule has 9 heteroatoms. The number of aromatic carboxylic acids is 1. The van der Waals surface area contributed by atoms with Gasteiger partial charge in [0.1, 0.15) is 4.83 Å². The first-order valence-corrected chi connectivity index (χ1v) is 11.1. The normalized spacial score (nSPS) is 11.5. The quantitative estimate of drug-likeness (QED) is 0.466. The van der Waals surface area contributed by atoms with Crippen molar-refractivity contribution >= 4 is 27.5 Å². The van der Waals surface area contributed by atoms with Crippen LogP contribution in [0.5, 0.6) is 0 Å². The monoisotopic (exact) mass is 452 g/mol. The summed E-state index contributed by atoms with van der Waals surface area (Å²) in [5.41, 5.74) is 2.28. The highest BCUT2D eigenvalue weighted by Gasteiger charge is 2.27. The minimum atomic E-state index is -1.18. The van der Waals surface area contributed by atoms with Gasteiger partial charge in [-0.3, -0.25) is 19.0 Å². The second kappa shape index (κ2) is 8.23. The van der Waals surface area contributed by atoms with Crippen molar-refractivity contribution in [1.29, 1.82) is 0 Å². The molecule has 8 nitrogen and oxygen atoms in total. The summed E-state index contributed by atoms with van der Waals surface area (Å²) >= 11 is 1.20. The summed E-state index contributed by atoms with van der Waals surface area (Å²) < 4.78 is 2.51. The van der Waals surface area contributed by atoms with Crippen molar-refractivity contribution in [3.63, 3.8) is 0 Å². The number of carboxylic acids is 1. The van der Waals surface area contributed by atoms with Crippen LogP contribution in [0.3, 0.4) is 0 Å². The number of H-pyrrole nitrogens is 1. The van der Waals surface area contributed by atoms with E-state index < -0.39 is 17.2 Å². The maximum atomic E-state index is 13.0. The number of aryl methyl sites for hydroxylation is 1. The Morgan fingerprint density at radius 2 is 1.91 bits per heavy atom. The molecule has 0 aliphatic rings. The molecule has 0 fully saturated rings. The van der Waals surface area contributed by atoms with E-state index in [1.165, 1.54) is 23.0 Å². The van der Waals surface area contributed by atoms with Crippen molar-refractivity contribution in [3.05, 3.63) is 72.9 Å². The van der Waals surface area contributed by atoms with Crippen LogP contribution >= 0.6 is 11.3 Å². The zero-order valence-electron chi connectivity index (χ0n) is 18.3. The number of hydrogen-bond acceptors (Lipinski definition) is 5. The zero-order valence-corrected chi connectivity index (χ0v) is 19.1. The van der Waals surface area contributed by atoms with Gasteiger partial charge in [-0.1, -0.05) is 44.2 Å². The summed E-state index contributed by atoms with van der Waals surface area (Å²) in [6, 6.07) is 9.64. The van der Waals surface area contributed by atoms with Gasteiger partial charge in [-0.25, -0.2) is 9.59 Å². The number of hydrogen-bond donors (Lipinski definition) is 2. The van der Waals surface area contributed by atoms with E-state index in [1.807, 2.05) is 51.1 Å². The molecule has 0 unspecified atom stereocenters. The molecule has 2 N–H and O–H groups in total. The highest BCUT2D eigenvalue weighted by atomic mass is 32.1. The van der Waals surface area contributed by atoms with Gasteiger partial charge in [-0.15, -0.1) is 11.3 Å². The topological polar surface area (TPSA) is 110 Å². The molecule has 0 aliphatic heterocycles. The first kappa shape index (κ1) is 21.8. The minimum Gasteiger partial charge on any atom is -0.478 e. The Bertz CT molecular complexity index is 1440. The summed E-state index contributed by atoms with van der Waals surface area (Å²) in [6.07, 6.45) is 0.284. The predicted molar refractivity (Wildman–Crippen MR) is 125 cm³/mol. The summed E-state index contributed by atoms with van der Waals surface area (Å²) in [4.78, 5) is 39.0. The molecule has 3 aromatic heterocycles. The van der Waals surface area contributed by atoms with Crippen LogP contribution < -0.4 is 11.2 Å². The Kier molecular flexibility index (Phi) is 5.60. The second-order valence-electron chi connectivity index (χ2n) is 8.26. The summed E-state index contributed by atoms with van der Waals surface area (Å²) in [7, 11) is 1.39. The molecule has 0 saturated carbocycles. The predicted octanol–water partition coefficient (Wildman–Crippen LogP) is 3.41. The fourth-order valence-corrected chi connectivity index (χ4v) is 5.21. The molecular formula is C23H24N4O4S. The average molecular weight is 453 g/mol. The fraction of sp³-hybridized carbons (Fsp3) is 0.304. The number of nitrogens with zero attached hydrogens (tertiary/aromatic N) is 3. The van der Waals surface area contributed by atoms with Crippen LogP contribution in [0.4, 0.5) is 0 Å². The molecule has 32 heavy (non-hydrogen) atoms. The van der Waals surface area contributed by atoms with Crippen molar-refractivity contribution in [2.24, 2.45) is 13.0 Å². The third-order valence-corrected chi connectivity index (χ3v) is 6.68. The number of aromatic amines is 1.